The summed E-state index contributed by atoms with van der Waals surface area (Å²) >= 11 is 0. The Morgan fingerprint density at radius 3 is 2.61 bits per heavy atom. The van der Waals surface area contributed by atoms with E-state index in [4.69, 9.17) is 4.74 Å². The molecule has 126 valence electrons. The van der Waals surface area contributed by atoms with E-state index in [1.807, 2.05) is 26.8 Å². The first-order chi connectivity index (χ1) is 10.9. The van der Waals surface area contributed by atoms with E-state index in [1.54, 1.807) is 0 Å². The predicted molar refractivity (Wildman–Crippen MR) is 92.8 cm³/mol. The number of amides is 1. The summed E-state index contributed by atoms with van der Waals surface area (Å²) in [5.41, 5.74) is 3.10. The number of ether oxygens (including phenoxy) is 1. The average Bonchev–Trinajstić information content (AvgIpc) is 2.40. The van der Waals surface area contributed by atoms with Crippen LogP contribution in [0.4, 0.5) is 10.5 Å². The molecule has 0 aromatic heterocycles. The van der Waals surface area contributed by atoms with Gasteiger partial charge in [-0.3, -0.25) is 5.32 Å². The van der Waals surface area contributed by atoms with Crippen molar-refractivity contribution in [3.63, 3.8) is 0 Å². The summed E-state index contributed by atoms with van der Waals surface area (Å²) in [6.45, 7) is 5.61. The number of carbonyl (C=O) groups excluding carboxylic acids is 1. The molecule has 0 saturated heterocycles. The van der Waals surface area contributed by atoms with Gasteiger partial charge in [0.1, 0.15) is 5.60 Å². The Kier molecular flexibility index (Phi) is 4.62. The van der Waals surface area contributed by atoms with Crippen molar-refractivity contribution >= 4 is 11.8 Å². The molecule has 23 heavy (non-hydrogen) atoms. The minimum absolute atomic E-state index is 0.391. The van der Waals surface area contributed by atoms with Crippen LogP contribution in [0.5, 0.6) is 0 Å². The molecule has 1 saturated carbocycles. The Labute approximate surface area is 139 Å². The normalized spacial score (nSPS) is 21.3. The van der Waals surface area contributed by atoms with Crippen molar-refractivity contribution < 1.29 is 9.53 Å². The highest BCUT2D eigenvalue weighted by atomic mass is 16.6. The van der Waals surface area contributed by atoms with Crippen molar-refractivity contribution in [3.05, 3.63) is 29.3 Å². The van der Waals surface area contributed by atoms with Gasteiger partial charge in [-0.05, 0) is 76.1 Å². The van der Waals surface area contributed by atoms with Gasteiger partial charge in [0.2, 0.25) is 0 Å². The van der Waals surface area contributed by atoms with Gasteiger partial charge < -0.3 is 10.1 Å². The third kappa shape index (κ3) is 4.25. The average molecular weight is 316 g/mol. The first-order valence-electron chi connectivity index (χ1n) is 8.79. The molecule has 1 amide bonds. The lowest BCUT2D eigenvalue weighted by atomic mass is 9.85. The number of hydrogen-bond donors (Lipinski definition) is 2. The van der Waals surface area contributed by atoms with E-state index in [2.05, 4.69) is 22.8 Å². The SMILES string of the molecule is CC(C)(C)OC(=O)Nc1ccc2c(c1)CCCC2NC1CCC1. The molecule has 3 rings (SSSR count). The maximum atomic E-state index is 11.9. The first-order valence-corrected chi connectivity index (χ1v) is 8.79. The number of hydrogen-bond acceptors (Lipinski definition) is 3. The minimum Gasteiger partial charge on any atom is -0.444 e. The molecular formula is C19H28N2O2. The molecule has 1 atom stereocenters. The molecule has 0 spiro atoms. The topological polar surface area (TPSA) is 50.4 Å². The molecule has 4 nitrogen and oxygen atoms in total. The molecule has 1 aromatic carbocycles. The van der Waals surface area contributed by atoms with Crippen LogP contribution in [0.3, 0.4) is 0 Å². The van der Waals surface area contributed by atoms with E-state index in [9.17, 15) is 4.79 Å². The third-order valence-corrected chi connectivity index (χ3v) is 4.64. The molecular weight excluding hydrogens is 288 g/mol. The minimum atomic E-state index is -0.476. The fourth-order valence-corrected chi connectivity index (χ4v) is 3.35. The second kappa shape index (κ2) is 6.52. The van der Waals surface area contributed by atoms with Crippen molar-refractivity contribution in [1.82, 2.24) is 5.32 Å². The number of carbonyl (C=O) groups is 1. The molecule has 0 aliphatic heterocycles. The van der Waals surface area contributed by atoms with Crippen molar-refractivity contribution in [3.8, 4) is 0 Å². The fourth-order valence-electron chi connectivity index (χ4n) is 3.35. The van der Waals surface area contributed by atoms with E-state index in [0.717, 1.165) is 12.1 Å². The largest absolute Gasteiger partial charge is 0.444 e. The van der Waals surface area contributed by atoms with Gasteiger partial charge in [0.15, 0.2) is 0 Å². The van der Waals surface area contributed by atoms with Crippen LogP contribution in [-0.2, 0) is 11.2 Å². The van der Waals surface area contributed by atoms with Crippen molar-refractivity contribution in [1.29, 1.82) is 0 Å². The molecule has 2 aliphatic rings. The Bertz CT molecular complexity index is 573. The van der Waals surface area contributed by atoms with Crippen molar-refractivity contribution in [2.75, 3.05) is 5.32 Å². The van der Waals surface area contributed by atoms with Crippen molar-refractivity contribution in [2.24, 2.45) is 0 Å². The van der Waals surface area contributed by atoms with Gasteiger partial charge in [0, 0.05) is 17.8 Å². The van der Waals surface area contributed by atoms with E-state index in [1.165, 1.54) is 43.2 Å². The zero-order valence-corrected chi connectivity index (χ0v) is 14.4. The lowest BCUT2D eigenvalue weighted by molar-refractivity contribution is 0.0636. The van der Waals surface area contributed by atoms with Crippen LogP contribution in [-0.4, -0.2) is 17.7 Å². The van der Waals surface area contributed by atoms with Gasteiger partial charge in [0.25, 0.3) is 0 Å². The van der Waals surface area contributed by atoms with Gasteiger partial charge in [0.05, 0.1) is 0 Å². The van der Waals surface area contributed by atoms with Crippen LogP contribution in [0.1, 0.15) is 70.0 Å². The summed E-state index contributed by atoms with van der Waals surface area (Å²) in [7, 11) is 0. The second-order valence-electron chi connectivity index (χ2n) is 7.78. The maximum Gasteiger partial charge on any atom is 0.412 e. The molecule has 2 aliphatic carbocycles. The highest BCUT2D eigenvalue weighted by Gasteiger charge is 2.26. The third-order valence-electron chi connectivity index (χ3n) is 4.64. The van der Waals surface area contributed by atoms with Crippen LogP contribution >= 0.6 is 0 Å². The number of nitrogens with one attached hydrogen (secondary N) is 2. The molecule has 1 fully saturated rings. The number of benzene rings is 1. The molecule has 4 heteroatoms. The number of rotatable bonds is 3. The summed E-state index contributed by atoms with van der Waals surface area (Å²) in [5.74, 6) is 0. The van der Waals surface area contributed by atoms with Crippen molar-refractivity contribution in [2.45, 2.75) is 77.0 Å². The van der Waals surface area contributed by atoms with E-state index in [0.29, 0.717) is 12.1 Å². The fraction of sp³-hybridized carbons (Fsp3) is 0.632. The monoisotopic (exact) mass is 316 g/mol. The summed E-state index contributed by atoms with van der Waals surface area (Å²) in [6.07, 6.45) is 7.08. The Hall–Kier alpha value is -1.55. The van der Waals surface area contributed by atoms with Gasteiger partial charge in [-0.2, -0.15) is 0 Å². The Balaban J connectivity index is 1.67. The van der Waals surface area contributed by atoms with Crippen LogP contribution in [0.25, 0.3) is 0 Å². The van der Waals surface area contributed by atoms with E-state index < -0.39 is 11.7 Å². The predicted octanol–water partition coefficient (Wildman–Crippen LogP) is 4.55. The van der Waals surface area contributed by atoms with Gasteiger partial charge in [-0.25, -0.2) is 4.79 Å². The zero-order valence-electron chi connectivity index (χ0n) is 14.4. The van der Waals surface area contributed by atoms with Crippen LogP contribution in [0.2, 0.25) is 0 Å². The van der Waals surface area contributed by atoms with E-state index in [-0.39, 0.29) is 0 Å². The van der Waals surface area contributed by atoms with Gasteiger partial charge >= 0.3 is 6.09 Å². The molecule has 1 aromatic rings. The summed E-state index contributed by atoms with van der Waals surface area (Å²) in [4.78, 5) is 11.9. The second-order valence-corrected chi connectivity index (χ2v) is 7.78. The molecule has 0 bridgehead atoms. The lowest BCUT2D eigenvalue weighted by Gasteiger charge is -2.34. The number of anilines is 1. The van der Waals surface area contributed by atoms with Crippen LogP contribution < -0.4 is 10.6 Å². The summed E-state index contributed by atoms with van der Waals surface area (Å²) < 4.78 is 5.32. The zero-order chi connectivity index (χ0) is 16.4. The Morgan fingerprint density at radius 2 is 1.96 bits per heavy atom. The molecule has 2 N–H and O–H groups in total. The van der Waals surface area contributed by atoms with Gasteiger partial charge in [-0.1, -0.05) is 12.5 Å². The van der Waals surface area contributed by atoms with E-state index >= 15 is 0 Å². The summed E-state index contributed by atoms with van der Waals surface area (Å²) in [5, 5.41) is 6.64. The number of aryl methyl sites for hydroxylation is 1. The molecule has 0 radical (unpaired) electrons. The smallest absolute Gasteiger partial charge is 0.412 e. The first kappa shape index (κ1) is 16.3. The van der Waals surface area contributed by atoms with Gasteiger partial charge in [-0.15, -0.1) is 0 Å². The maximum absolute atomic E-state index is 11.9. The quantitative estimate of drug-likeness (QED) is 0.860. The number of fused-ring (bicyclic) bond motifs is 1. The molecule has 0 heterocycles. The molecule has 1 unspecified atom stereocenters. The highest BCUT2D eigenvalue weighted by molar-refractivity contribution is 5.85. The summed E-state index contributed by atoms with van der Waals surface area (Å²) in [6, 6.07) is 7.43. The Morgan fingerprint density at radius 1 is 1.17 bits per heavy atom. The standard InChI is InChI=1S/C19H28N2O2/c1-19(2,3)23-18(22)21-15-10-11-16-13(12-15)6-4-9-17(16)20-14-7-5-8-14/h10-12,14,17,20H,4-9H2,1-3H3,(H,21,22). The van der Waals surface area contributed by atoms with Crippen LogP contribution in [0, 0.1) is 0 Å². The lowest BCUT2D eigenvalue weighted by Crippen LogP contribution is -2.39. The van der Waals surface area contributed by atoms with Crippen LogP contribution in [0.15, 0.2) is 18.2 Å². The highest BCUT2D eigenvalue weighted by Crippen LogP contribution is 2.33.